The zero-order chi connectivity index (χ0) is 14.9. The lowest BCUT2D eigenvalue weighted by Gasteiger charge is -2.31. The first kappa shape index (κ1) is 16.7. The zero-order valence-electron chi connectivity index (χ0n) is 13.2. The van der Waals surface area contributed by atoms with Gasteiger partial charge < -0.3 is 15.8 Å². The molecule has 2 rings (SSSR count). The number of likely N-dealkylation sites (tertiary alicyclic amines) is 1. The summed E-state index contributed by atoms with van der Waals surface area (Å²) in [5.41, 5.74) is 5.45. The third-order valence-corrected chi connectivity index (χ3v) is 4.59. The van der Waals surface area contributed by atoms with E-state index in [9.17, 15) is 4.79 Å². The molecule has 5 heteroatoms. The number of rotatable bonds is 6. The van der Waals surface area contributed by atoms with Gasteiger partial charge in [-0.15, -0.1) is 0 Å². The molecule has 1 saturated carbocycles. The summed E-state index contributed by atoms with van der Waals surface area (Å²) in [6.45, 7) is 3.68. The Hall–Kier alpha value is -0.650. The van der Waals surface area contributed by atoms with E-state index < -0.39 is 0 Å². The van der Waals surface area contributed by atoms with E-state index in [1.165, 1.54) is 25.7 Å². The van der Waals surface area contributed by atoms with Crippen molar-refractivity contribution in [1.82, 2.24) is 10.2 Å². The minimum Gasteiger partial charge on any atom is -0.377 e. The van der Waals surface area contributed by atoms with E-state index in [0.29, 0.717) is 31.8 Å². The van der Waals surface area contributed by atoms with Crippen LogP contribution in [0.3, 0.4) is 0 Å². The van der Waals surface area contributed by atoms with Gasteiger partial charge in [-0.2, -0.15) is 0 Å². The number of nitrogens with zero attached hydrogens (tertiary/aromatic N) is 1. The molecule has 0 aromatic carbocycles. The molecule has 0 atom stereocenters. The fourth-order valence-electron chi connectivity index (χ4n) is 3.37. The van der Waals surface area contributed by atoms with Crippen molar-refractivity contribution < 1.29 is 9.53 Å². The van der Waals surface area contributed by atoms with Crippen LogP contribution in [0.4, 0.5) is 0 Å². The van der Waals surface area contributed by atoms with Gasteiger partial charge in [0, 0.05) is 25.7 Å². The number of ether oxygens (including phenoxy) is 1. The Kier molecular flexibility index (Phi) is 7.47. The standard InChI is InChI=1S/C16H31N3O2/c17-9-12-21-15-7-10-19(11-8-15)13-16(20)18-14-5-3-1-2-4-6-14/h14-15H,1-13,17H2,(H,18,20). The predicted molar refractivity (Wildman–Crippen MR) is 84.1 cm³/mol. The van der Waals surface area contributed by atoms with Gasteiger partial charge in [-0.05, 0) is 25.7 Å². The number of nitrogens with one attached hydrogen (secondary N) is 1. The lowest BCUT2D eigenvalue weighted by molar-refractivity contribution is -0.123. The number of amides is 1. The quantitative estimate of drug-likeness (QED) is 0.724. The Bertz CT molecular complexity index is 296. The van der Waals surface area contributed by atoms with Crippen molar-refractivity contribution in [1.29, 1.82) is 0 Å². The second kappa shape index (κ2) is 9.38. The van der Waals surface area contributed by atoms with Crippen LogP contribution in [0, 0.1) is 0 Å². The van der Waals surface area contributed by atoms with Gasteiger partial charge in [0.2, 0.25) is 5.91 Å². The van der Waals surface area contributed by atoms with E-state index in [-0.39, 0.29) is 5.91 Å². The van der Waals surface area contributed by atoms with Gasteiger partial charge in [-0.3, -0.25) is 9.69 Å². The van der Waals surface area contributed by atoms with Crippen LogP contribution in [0.15, 0.2) is 0 Å². The Balaban J connectivity index is 1.62. The number of hydrogen-bond donors (Lipinski definition) is 2. The predicted octanol–water partition coefficient (Wildman–Crippen LogP) is 1.27. The second-order valence-electron chi connectivity index (χ2n) is 6.39. The molecule has 1 saturated heterocycles. The summed E-state index contributed by atoms with van der Waals surface area (Å²) in [5, 5.41) is 3.22. The third kappa shape index (κ3) is 6.32. The maximum Gasteiger partial charge on any atom is 0.234 e. The lowest BCUT2D eigenvalue weighted by Crippen LogP contribution is -2.45. The summed E-state index contributed by atoms with van der Waals surface area (Å²) in [7, 11) is 0. The van der Waals surface area contributed by atoms with Crippen molar-refractivity contribution in [2.75, 3.05) is 32.8 Å². The summed E-state index contributed by atoms with van der Waals surface area (Å²) >= 11 is 0. The summed E-state index contributed by atoms with van der Waals surface area (Å²) in [5.74, 6) is 0.197. The van der Waals surface area contributed by atoms with E-state index in [2.05, 4.69) is 10.2 Å². The van der Waals surface area contributed by atoms with Gasteiger partial charge in [0.05, 0.1) is 19.3 Å². The molecule has 1 aliphatic carbocycles. The van der Waals surface area contributed by atoms with Crippen LogP contribution in [-0.4, -0.2) is 55.7 Å². The van der Waals surface area contributed by atoms with Gasteiger partial charge in [0.25, 0.3) is 0 Å². The Morgan fingerprint density at radius 2 is 1.76 bits per heavy atom. The Morgan fingerprint density at radius 1 is 1.10 bits per heavy atom. The largest absolute Gasteiger partial charge is 0.377 e. The van der Waals surface area contributed by atoms with Crippen LogP contribution in [-0.2, 0) is 9.53 Å². The number of piperidine rings is 1. The van der Waals surface area contributed by atoms with Gasteiger partial charge in [-0.25, -0.2) is 0 Å². The molecule has 1 heterocycles. The maximum atomic E-state index is 12.1. The van der Waals surface area contributed by atoms with Crippen molar-refractivity contribution in [3.8, 4) is 0 Å². The Morgan fingerprint density at radius 3 is 2.38 bits per heavy atom. The van der Waals surface area contributed by atoms with Gasteiger partial charge in [-0.1, -0.05) is 25.7 Å². The molecule has 21 heavy (non-hydrogen) atoms. The topological polar surface area (TPSA) is 67.6 Å². The first-order chi connectivity index (χ1) is 10.3. The molecule has 0 aromatic rings. The number of hydrogen-bond acceptors (Lipinski definition) is 4. The molecular weight excluding hydrogens is 266 g/mol. The third-order valence-electron chi connectivity index (χ3n) is 4.59. The highest BCUT2D eigenvalue weighted by molar-refractivity contribution is 5.78. The van der Waals surface area contributed by atoms with E-state index in [1.54, 1.807) is 0 Å². The highest BCUT2D eigenvalue weighted by Crippen LogP contribution is 2.17. The van der Waals surface area contributed by atoms with Crippen molar-refractivity contribution in [2.45, 2.75) is 63.5 Å². The molecule has 0 spiro atoms. The molecule has 2 aliphatic rings. The molecule has 122 valence electrons. The Labute approximate surface area is 128 Å². The average Bonchev–Trinajstić information content (AvgIpc) is 2.75. The van der Waals surface area contributed by atoms with Crippen molar-refractivity contribution in [2.24, 2.45) is 5.73 Å². The van der Waals surface area contributed by atoms with E-state index in [0.717, 1.165) is 38.8 Å². The number of nitrogens with two attached hydrogens (primary N) is 1. The minimum atomic E-state index is 0.197. The van der Waals surface area contributed by atoms with Crippen molar-refractivity contribution >= 4 is 5.91 Å². The smallest absolute Gasteiger partial charge is 0.234 e. The molecule has 0 bridgehead atoms. The summed E-state index contributed by atoms with van der Waals surface area (Å²) in [6.07, 6.45) is 9.82. The molecule has 2 fully saturated rings. The molecule has 5 nitrogen and oxygen atoms in total. The molecule has 1 amide bonds. The van der Waals surface area contributed by atoms with Gasteiger partial charge in [0.1, 0.15) is 0 Å². The van der Waals surface area contributed by atoms with Crippen LogP contribution in [0.5, 0.6) is 0 Å². The highest BCUT2D eigenvalue weighted by atomic mass is 16.5. The lowest BCUT2D eigenvalue weighted by atomic mass is 10.1. The van der Waals surface area contributed by atoms with Crippen LogP contribution < -0.4 is 11.1 Å². The fourth-order valence-corrected chi connectivity index (χ4v) is 3.37. The van der Waals surface area contributed by atoms with Gasteiger partial charge in [0.15, 0.2) is 0 Å². The van der Waals surface area contributed by atoms with Crippen LogP contribution in [0.2, 0.25) is 0 Å². The molecule has 0 unspecified atom stereocenters. The summed E-state index contributed by atoms with van der Waals surface area (Å²) in [6, 6.07) is 0.408. The van der Waals surface area contributed by atoms with Crippen LogP contribution in [0.25, 0.3) is 0 Å². The SMILES string of the molecule is NCCOC1CCN(CC(=O)NC2CCCCCC2)CC1. The second-order valence-corrected chi connectivity index (χ2v) is 6.39. The first-order valence-corrected chi connectivity index (χ1v) is 8.61. The zero-order valence-corrected chi connectivity index (χ0v) is 13.2. The molecule has 0 aromatic heterocycles. The van der Waals surface area contributed by atoms with Crippen LogP contribution in [0.1, 0.15) is 51.4 Å². The molecule has 3 N–H and O–H groups in total. The summed E-state index contributed by atoms with van der Waals surface area (Å²) in [4.78, 5) is 14.4. The monoisotopic (exact) mass is 297 g/mol. The van der Waals surface area contributed by atoms with E-state index in [4.69, 9.17) is 10.5 Å². The van der Waals surface area contributed by atoms with Crippen LogP contribution >= 0.6 is 0 Å². The minimum absolute atomic E-state index is 0.197. The van der Waals surface area contributed by atoms with Gasteiger partial charge >= 0.3 is 0 Å². The normalized spacial score (nSPS) is 22.9. The molecule has 1 aliphatic heterocycles. The molecular formula is C16H31N3O2. The van der Waals surface area contributed by atoms with Crippen molar-refractivity contribution in [3.63, 3.8) is 0 Å². The number of carbonyl (C=O) groups is 1. The maximum absolute atomic E-state index is 12.1. The first-order valence-electron chi connectivity index (χ1n) is 8.61. The van der Waals surface area contributed by atoms with Crippen molar-refractivity contribution in [3.05, 3.63) is 0 Å². The summed E-state index contributed by atoms with van der Waals surface area (Å²) < 4.78 is 5.67. The van der Waals surface area contributed by atoms with E-state index >= 15 is 0 Å². The number of carbonyl (C=O) groups excluding carboxylic acids is 1. The van der Waals surface area contributed by atoms with E-state index in [1.807, 2.05) is 0 Å². The molecule has 0 radical (unpaired) electrons. The fraction of sp³-hybridized carbons (Fsp3) is 0.938. The highest BCUT2D eigenvalue weighted by Gasteiger charge is 2.22. The average molecular weight is 297 g/mol.